The number of hydrogen-bond acceptors (Lipinski definition) is 5. The maximum absolute atomic E-state index is 5.61. The number of nitrogens with one attached hydrogen (secondary N) is 2. The Kier molecular flexibility index (Phi) is 4.36. The van der Waals surface area contributed by atoms with Crippen LogP contribution in [0, 0.1) is 0 Å². The Hall–Kier alpha value is -1.36. The van der Waals surface area contributed by atoms with Gasteiger partial charge < -0.3 is 15.4 Å². The summed E-state index contributed by atoms with van der Waals surface area (Å²) in [5.41, 5.74) is 1.14. The van der Waals surface area contributed by atoms with Gasteiger partial charge in [-0.2, -0.15) is 0 Å². The highest BCUT2D eigenvalue weighted by Crippen LogP contribution is 2.28. The molecule has 0 bridgehead atoms. The van der Waals surface area contributed by atoms with Crippen LogP contribution in [0.25, 0.3) is 0 Å². The standard InChI is InChI=1S/C13H22N4O/c1-9(2)11-12(14-3)16-8-17-13(11)15-7-10-5-4-6-18-10/h8-10H,4-7H2,1-3H3,(H2,14,15,16,17). The zero-order valence-electron chi connectivity index (χ0n) is 11.4. The molecule has 1 aromatic heterocycles. The van der Waals surface area contributed by atoms with Gasteiger partial charge in [0.05, 0.1) is 6.10 Å². The maximum atomic E-state index is 5.61. The van der Waals surface area contributed by atoms with Crippen molar-refractivity contribution in [1.29, 1.82) is 0 Å². The Balaban J connectivity index is 2.10. The lowest BCUT2D eigenvalue weighted by molar-refractivity contribution is 0.120. The van der Waals surface area contributed by atoms with Gasteiger partial charge in [-0.15, -0.1) is 0 Å². The molecule has 5 nitrogen and oxygen atoms in total. The number of ether oxygens (including phenoxy) is 1. The SMILES string of the molecule is CNc1ncnc(NCC2CCCO2)c1C(C)C. The monoisotopic (exact) mass is 250 g/mol. The van der Waals surface area contributed by atoms with Gasteiger partial charge >= 0.3 is 0 Å². The van der Waals surface area contributed by atoms with Crippen molar-refractivity contribution in [3.05, 3.63) is 11.9 Å². The van der Waals surface area contributed by atoms with Gasteiger partial charge in [0.2, 0.25) is 0 Å². The molecule has 0 radical (unpaired) electrons. The van der Waals surface area contributed by atoms with Crippen LogP contribution in [0.15, 0.2) is 6.33 Å². The first kappa shape index (κ1) is 13.1. The second-order valence-electron chi connectivity index (χ2n) is 4.91. The second kappa shape index (κ2) is 6.00. The van der Waals surface area contributed by atoms with Gasteiger partial charge in [0, 0.05) is 25.8 Å². The summed E-state index contributed by atoms with van der Waals surface area (Å²) < 4.78 is 5.61. The largest absolute Gasteiger partial charge is 0.376 e. The third-order valence-corrected chi connectivity index (χ3v) is 3.22. The third kappa shape index (κ3) is 2.90. The molecule has 0 aromatic carbocycles. The van der Waals surface area contributed by atoms with Crippen molar-refractivity contribution in [2.75, 3.05) is 30.8 Å². The van der Waals surface area contributed by atoms with Crippen molar-refractivity contribution in [2.24, 2.45) is 0 Å². The third-order valence-electron chi connectivity index (χ3n) is 3.22. The van der Waals surface area contributed by atoms with Gasteiger partial charge in [-0.05, 0) is 18.8 Å². The first-order valence-corrected chi connectivity index (χ1v) is 6.60. The van der Waals surface area contributed by atoms with Crippen molar-refractivity contribution in [3.8, 4) is 0 Å². The summed E-state index contributed by atoms with van der Waals surface area (Å²) in [6, 6.07) is 0. The molecule has 100 valence electrons. The minimum atomic E-state index is 0.318. The summed E-state index contributed by atoms with van der Waals surface area (Å²) in [5, 5.41) is 6.52. The van der Waals surface area contributed by atoms with E-state index in [4.69, 9.17) is 4.74 Å². The molecule has 2 heterocycles. The Morgan fingerprint density at radius 1 is 1.39 bits per heavy atom. The number of nitrogens with zero attached hydrogens (tertiary/aromatic N) is 2. The second-order valence-corrected chi connectivity index (χ2v) is 4.91. The predicted molar refractivity (Wildman–Crippen MR) is 73.1 cm³/mol. The van der Waals surface area contributed by atoms with Gasteiger partial charge in [0.15, 0.2) is 0 Å². The molecule has 1 atom stereocenters. The lowest BCUT2D eigenvalue weighted by Crippen LogP contribution is -2.20. The topological polar surface area (TPSA) is 59.1 Å². The maximum Gasteiger partial charge on any atom is 0.135 e. The Bertz CT molecular complexity index is 389. The van der Waals surface area contributed by atoms with E-state index in [9.17, 15) is 0 Å². The Labute approximate surface area is 108 Å². The van der Waals surface area contributed by atoms with Crippen molar-refractivity contribution in [3.63, 3.8) is 0 Å². The van der Waals surface area contributed by atoms with Crippen LogP contribution in [-0.4, -0.2) is 36.3 Å². The fourth-order valence-electron chi connectivity index (χ4n) is 2.30. The summed E-state index contributed by atoms with van der Waals surface area (Å²) in [7, 11) is 1.89. The van der Waals surface area contributed by atoms with Crippen molar-refractivity contribution < 1.29 is 4.74 Å². The number of hydrogen-bond donors (Lipinski definition) is 2. The van der Waals surface area contributed by atoms with Crippen LogP contribution in [0.5, 0.6) is 0 Å². The first-order valence-electron chi connectivity index (χ1n) is 6.60. The van der Waals surface area contributed by atoms with E-state index in [-0.39, 0.29) is 0 Å². The molecule has 0 amide bonds. The quantitative estimate of drug-likeness (QED) is 0.839. The molecule has 1 aliphatic heterocycles. The van der Waals surface area contributed by atoms with Gasteiger partial charge in [0.25, 0.3) is 0 Å². The van der Waals surface area contributed by atoms with E-state index in [1.165, 1.54) is 0 Å². The fraction of sp³-hybridized carbons (Fsp3) is 0.692. The van der Waals surface area contributed by atoms with E-state index < -0.39 is 0 Å². The lowest BCUT2D eigenvalue weighted by Gasteiger charge is -2.18. The van der Waals surface area contributed by atoms with Crippen molar-refractivity contribution in [1.82, 2.24) is 9.97 Å². The molecule has 1 aliphatic rings. The van der Waals surface area contributed by atoms with E-state index in [1.807, 2.05) is 7.05 Å². The number of anilines is 2. The van der Waals surface area contributed by atoms with Crippen molar-refractivity contribution >= 4 is 11.6 Å². The fourth-order valence-corrected chi connectivity index (χ4v) is 2.30. The van der Waals surface area contributed by atoms with Gasteiger partial charge in [-0.3, -0.25) is 0 Å². The normalized spacial score (nSPS) is 19.2. The van der Waals surface area contributed by atoms with Crippen LogP contribution >= 0.6 is 0 Å². The molecule has 2 rings (SSSR count). The van der Waals surface area contributed by atoms with Crippen LogP contribution in [0.4, 0.5) is 11.6 Å². The molecular weight excluding hydrogens is 228 g/mol. The Morgan fingerprint density at radius 2 is 2.17 bits per heavy atom. The zero-order chi connectivity index (χ0) is 13.0. The zero-order valence-corrected chi connectivity index (χ0v) is 11.4. The minimum Gasteiger partial charge on any atom is -0.376 e. The predicted octanol–water partition coefficient (Wildman–Crippen LogP) is 2.23. The molecule has 2 N–H and O–H groups in total. The van der Waals surface area contributed by atoms with Crippen LogP contribution in [0.2, 0.25) is 0 Å². The molecule has 1 saturated heterocycles. The Morgan fingerprint density at radius 3 is 2.78 bits per heavy atom. The molecule has 0 saturated carbocycles. The smallest absolute Gasteiger partial charge is 0.135 e. The van der Waals surface area contributed by atoms with Crippen LogP contribution < -0.4 is 10.6 Å². The lowest BCUT2D eigenvalue weighted by atomic mass is 10.0. The molecule has 1 unspecified atom stereocenters. The number of rotatable bonds is 5. The number of aromatic nitrogens is 2. The summed E-state index contributed by atoms with van der Waals surface area (Å²) >= 11 is 0. The highest BCUT2D eigenvalue weighted by molar-refractivity contribution is 5.58. The molecule has 0 aliphatic carbocycles. The van der Waals surface area contributed by atoms with E-state index in [0.717, 1.165) is 43.2 Å². The molecule has 18 heavy (non-hydrogen) atoms. The van der Waals surface area contributed by atoms with E-state index in [1.54, 1.807) is 6.33 Å². The van der Waals surface area contributed by atoms with Crippen LogP contribution in [0.3, 0.4) is 0 Å². The molecule has 0 spiro atoms. The highest BCUT2D eigenvalue weighted by Gasteiger charge is 2.18. The van der Waals surface area contributed by atoms with Crippen molar-refractivity contribution in [2.45, 2.75) is 38.7 Å². The minimum absolute atomic E-state index is 0.318. The van der Waals surface area contributed by atoms with Crippen LogP contribution in [0.1, 0.15) is 38.2 Å². The summed E-state index contributed by atoms with van der Waals surface area (Å²) in [6.45, 7) is 6.00. The van der Waals surface area contributed by atoms with E-state index in [2.05, 4.69) is 34.4 Å². The molecule has 5 heteroatoms. The van der Waals surface area contributed by atoms with E-state index >= 15 is 0 Å². The first-order chi connectivity index (χ1) is 8.72. The summed E-state index contributed by atoms with van der Waals surface area (Å²) in [6.07, 6.45) is 4.20. The molecule has 1 aromatic rings. The van der Waals surface area contributed by atoms with Gasteiger partial charge in [-0.25, -0.2) is 9.97 Å². The molecule has 1 fully saturated rings. The van der Waals surface area contributed by atoms with Gasteiger partial charge in [0.1, 0.15) is 18.0 Å². The highest BCUT2D eigenvalue weighted by atomic mass is 16.5. The van der Waals surface area contributed by atoms with Crippen LogP contribution in [-0.2, 0) is 4.74 Å². The summed E-state index contributed by atoms with van der Waals surface area (Å²) in [5.74, 6) is 2.19. The average molecular weight is 250 g/mol. The average Bonchev–Trinajstić information content (AvgIpc) is 2.88. The van der Waals surface area contributed by atoms with Gasteiger partial charge in [-0.1, -0.05) is 13.8 Å². The molecular formula is C13H22N4O. The summed E-state index contributed by atoms with van der Waals surface area (Å²) in [4.78, 5) is 8.62. The van der Waals surface area contributed by atoms with E-state index in [0.29, 0.717) is 12.0 Å².